The molecule has 20 heavy (non-hydrogen) atoms. The first-order valence-electron chi connectivity index (χ1n) is 5.98. The van der Waals surface area contributed by atoms with E-state index in [1.165, 1.54) is 13.0 Å². The fourth-order valence-corrected chi connectivity index (χ4v) is 1.93. The van der Waals surface area contributed by atoms with E-state index >= 15 is 0 Å². The molecule has 0 fully saturated rings. The second-order valence-electron chi connectivity index (χ2n) is 4.34. The van der Waals surface area contributed by atoms with Gasteiger partial charge in [0.2, 0.25) is 7.98 Å². The lowest BCUT2D eigenvalue weighted by molar-refractivity contribution is 0.0698. The molecule has 2 rings (SSSR count). The summed E-state index contributed by atoms with van der Waals surface area (Å²) in [6.07, 6.45) is 0. The molecule has 98 valence electrons. The van der Waals surface area contributed by atoms with E-state index in [0.717, 1.165) is 11.1 Å². The molecule has 2 aromatic carbocycles. The third kappa shape index (κ3) is 2.72. The van der Waals surface area contributed by atoms with Gasteiger partial charge in [0.15, 0.2) is 5.78 Å². The van der Waals surface area contributed by atoms with Crippen molar-refractivity contribution in [3.63, 3.8) is 0 Å². The summed E-state index contributed by atoms with van der Waals surface area (Å²) in [5.74, 6) is -1.04. The van der Waals surface area contributed by atoms with Crippen LogP contribution in [0.5, 0.6) is 0 Å². The number of rotatable bonds is 4. The molecule has 0 amide bonds. The molecule has 0 aromatic heterocycles. The molecule has 0 saturated heterocycles. The standard InChI is InChI=1S/C15H12BNO3/c1-9(18)10-2-4-11(5-3-10)12-6-7-13(15(19)20)14(8-12)17-16/h2-8,17H,1H3,(H,19,20). The van der Waals surface area contributed by atoms with E-state index in [1.807, 2.05) is 12.1 Å². The Kier molecular flexibility index (Phi) is 3.89. The number of aromatic carboxylic acids is 1. The first kappa shape index (κ1) is 13.9. The van der Waals surface area contributed by atoms with Gasteiger partial charge in [-0.15, -0.1) is 0 Å². The van der Waals surface area contributed by atoms with Gasteiger partial charge < -0.3 is 10.3 Å². The highest BCUT2D eigenvalue weighted by molar-refractivity contribution is 6.18. The molecule has 2 aromatic rings. The quantitative estimate of drug-likeness (QED) is 0.658. The van der Waals surface area contributed by atoms with Crippen LogP contribution in [-0.2, 0) is 0 Å². The smallest absolute Gasteiger partial charge is 0.337 e. The van der Waals surface area contributed by atoms with Crippen molar-refractivity contribution < 1.29 is 14.7 Å². The lowest BCUT2D eigenvalue weighted by Crippen LogP contribution is -2.03. The molecule has 5 heteroatoms. The molecule has 0 bridgehead atoms. The first-order chi connectivity index (χ1) is 9.52. The van der Waals surface area contributed by atoms with Gasteiger partial charge in [-0.2, -0.15) is 0 Å². The van der Waals surface area contributed by atoms with E-state index in [2.05, 4.69) is 5.23 Å². The van der Waals surface area contributed by atoms with Gasteiger partial charge in [-0.3, -0.25) is 4.79 Å². The lowest BCUT2D eigenvalue weighted by atomic mass is 10.00. The summed E-state index contributed by atoms with van der Waals surface area (Å²) >= 11 is 0. The fraction of sp³-hybridized carbons (Fsp3) is 0.0667. The van der Waals surface area contributed by atoms with Crippen molar-refractivity contribution in [2.45, 2.75) is 6.92 Å². The highest BCUT2D eigenvalue weighted by atomic mass is 16.4. The predicted octanol–water partition coefficient (Wildman–Crippen LogP) is 2.75. The van der Waals surface area contributed by atoms with Gasteiger partial charge in [-0.1, -0.05) is 30.3 Å². The van der Waals surface area contributed by atoms with Crippen LogP contribution in [0.1, 0.15) is 27.6 Å². The Balaban J connectivity index is 2.42. The minimum atomic E-state index is -1.04. The molecule has 0 heterocycles. The number of nitrogens with one attached hydrogen (secondary N) is 1. The van der Waals surface area contributed by atoms with E-state index in [0.29, 0.717) is 11.3 Å². The third-order valence-electron chi connectivity index (χ3n) is 3.03. The van der Waals surface area contributed by atoms with Crippen molar-refractivity contribution in [3.8, 4) is 11.1 Å². The summed E-state index contributed by atoms with van der Waals surface area (Å²) in [6.45, 7) is 1.51. The van der Waals surface area contributed by atoms with Crippen molar-refractivity contribution in [1.82, 2.24) is 0 Å². The monoisotopic (exact) mass is 265 g/mol. The number of ketones is 1. The maximum atomic E-state index is 11.2. The summed E-state index contributed by atoms with van der Waals surface area (Å²) in [5.41, 5.74) is 2.77. The molecule has 0 atom stereocenters. The maximum absolute atomic E-state index is 11.2. The van der Waals surface area contributed by atoms with Gasteiger partial charge >= 0.3 is 5.97 Å². The molecule has 0 unspecified atom stereocenters. The highest BCUT2D eigenvalue weighted by Gasteiger charge is 2.10. The number of benzene rings is 2. The Morgan fingerprint density at radius 2 is 1.65 bits per heavy atom. The van der Waals surface area contributed by atoms with E-state index in [-0.39, 0.29) is 11.3 Å². The number of carbonyl (C=O) groups excluding carboxylic acids is 1. The number of carboxylic acids is 1. The summed E-state index contributed by atoms with van der Waals surface area (Å²) < 4.78 is 0. The summed E-state index contributed by atoms with van der Waals surface area (Å²) in [5, 5.41) is 11.4. The minimum absolute atomic E-state index is 0.00193. The van der Waals surface area contributed by atoms with Crippen molar-refractivity contribution in [2.24, 2.45) is 0 Å². The molecule has 2 N–H and O–H groups in total. The van der Waals surface area contributed by atoms with E-state index in [1.54, 1.807) is 24.3 Å². The predicted molar refractivity (Wildman–Crippen MR) is 78.2 cm³/mol. The molecule has 0 saturated carbocycles. The SMILES string of the molecule is [B]Nc1cc(-c2ccc(C(C)=O)cc2)ccc1C(=O)O. The van der Waals surface area contributed by atoms with Gasteiger partial charge in [0, 0.05) is 11.3 Å². The van der Waals surface area contributed by atoms with Gasteiger partial charge in [0.05, 0.1) is 5.56 Å². The van der Waals surface area contributed by atoms with Crippen molar-refractivity contribution in [3.05, 3.63) is 53.6 Å². The number of anilines is 1. The van der Waals surface area contributed by atoms with Crippen LogP contribution in [0.2, 0.25) is 0 Å². The number of Topliss-reactive ketones (excluding diaryl/α,β-unsaturated/α-hetero) is 1. The molecule has 0 spiro atoms. The van der Waals surface area contributed by atoms with Crippen LogP contribution in [0.4, 0.5) is 5.69 Å². The minimum Gasteiger partial charge on any atom is -0.478 e. The topological polar surface area (TPSA) is 66.4 Å². The molecular formula is C15H12BNO3. The summed E-state index contributed by atoms with van der Waals surface area (Å²) in [6, 6.07) is 11.9. The van der Waals surface area contributed by atoms with Crippen LogP contribution in [0.3, 0.4) is 0 Å². The average molecular weight is 265 g/mol. The normalized spacial score (nSPS) is 10.1. The van der Waals surface area contributed by atoms with Crippen LogP contribution < -0.4 is 5.23 Å². The number of hydrogen-bond acceptors (Lipinski definition) is 3. The van der Waals surface area contributed by atoms with Gasteiger partial charge in [-0.05, 0) is 30.2 Å². The molecule has 0 aliphatic carbocycles. The second kappa shape index (κ2) is 5.61. The second-order valence-corrected chi connectivity index (χ2v) is 4.34. The molecule has 4 nitrogen and oxygen atoms in total. The Morgan fingerprint density at radius 3 is 2.15 bits per heavy atom. The van der Waals surface area contributed by atoms with Gasteiger partial charge in [-0.25, -0.2) is 4.79 Å². The summed E-state index contributed by atoms with van der Waals surface area (Å²) in [7, 11) is 5.34. The number of carboxylic acid groups (broad SMARTS) is 1. The largest absolute Gasteiger partial charge is 0.478 e. The zero-order chi connectivity index (χ0) is 14.7. The zero-order valence-electron chi connectivity index (χ0n) is 10.9. The van der Waals surface area contributed by atoms with Crippen LogP contribution in [0.15, 0.2) is 42.5 Å². The maximum Gasteiger partial charge on any atom is 0.337 e. The van der Waals surface area contributed by atoms with Crippen LogP contribution >= 0.6 is 0 Å². The summed E-state index contributed by atoms with van der Waals surface area (Å²) in [4.78, 5) is 22.2. The van der Waals surface area contributed by atoms with Crippen LogP contribution in [0, 0.1) is 0 Å². The van der Waals surface area contributed by atoms with Crippen molar-refractivity contribution >= 4 is 25.4 Å². The molecule has 0 aliphatic heterocycles. The molecule has 0 aliphatic rings. The molecule has 2 radical (unpaired) electrons. The third-order valence-corrected chi connectivity index (χ3v) is 3.03. The van der Waals surface area contributed by atoms with E-state index in [9.17, 15) is 9.59 Å². The van der Waals surface area contributed by atoms with Crippen molar-refractivity contribution in [1.29, 1.82) is 0 Å². The highest BCUT2D eigenvalue weighted by Crippen LogP contribution is 2.26. The van der Waals surface area contributed by atoms with E-state index < -0.39 is 5.97 Å². The first-order valence-corrected chi connectivity index (χ1v) is 5.98. The fourth-order valence-electron chi connectivity index (χ4n) is 1.93. The Bertz CT molecular complexity index is 665. The van der Waals surface area contributed by atoms with Crippen LogP contribution in [0.25, 0.3) is 11.1 Å². The molecular weight excluding hydrogens is 253 g/mol. The Hall–Kier alpha value is -2.56. The zero-order valence-corrected chi connectivity index (χ0v) is 10.9. The average Bonchev–Trinajstić information content (AvgIpc) is 2.46. The van der Waals surface area contributed by atoms with Gasteiger partial charge in [0.25, 0.3) is 0 Å². The lowest BCUT2D eigenvalue weighted by Gasteiger charge is -2.09. The Labute approximate surface area is 117 Å². The number of carbonyl (C=O) groups is 2. The van der Waals surface area contributed by atoms with Crippen molar-refractivity contribution in [2.75, 3.05) is 5.23 Å². The number of hydrogen-bond donors (Lipinski definition) is 2. The van der Waals surface area contributed by atoms with Crippen LogP contribution in [-0.4, -0.2) is 24.8 Å². The van der Waals surface area contributed by atoms with E-state index in [4.69, 9.17) is 13.1 Å². The van der Waals surface area contributed by atoms with Gasteiger partial charge in [0.1, 0.15) is 0 Å². The Morgan fingerprint density at radius 1 is 1.05 bits per heavy atom.